The Morgan fingerprint density at radius 1 is 0.529 bits per heavy atom. The molecule has 0 bridgehead atoms. The monoisotopic (exact) mass is 675 g/mol. The van der Waals surface area contributed by atoms with Crippen molar-refractivity contribution in [3.8, 4) is 11.1 Å². The number of fused-ring (bicyclic) bond motifs is 9. The second-order valence-corrected chi connectivity index (χ2v) is 14.2. The Morgan fingerprint density at radius 2 is 1.27 bits per heavy atom. The van der Waals surface area contributed by atoms with Gasteiger partial charge in [-0.1, -0.05) is 115 Å². The maximum Gasteiger partial charge on any atom is 0.142 e. The van der Waals surface area contributed by atoms with E-state index in [1.54, 1.807) is 0 Å². The van der Waals surface area contributed by atoms with Gasteiger partial charge in [0, 0.05) is 52.8 Å². The summed E-state index contributed by atoms with van der Waals surface area (Å²) in [6.07, 6.45) is -0.502. The lowest BCUT2D eigenvalue weighted by Crippen LogP contribution is -2.45. The van der Waals surface area contributed by atoms with E-state index in [4.69, 9.17) is 13.8 Å². The minimum absolute atomic E-state index is 0.248. The average molecular weight is 676 g/mol. The second kappa shape index (κ2) is 11.2. The number of para-hydroxylation sites is 2. The Morgan fingerprint density at radius 3 is 2.22 bits per heavy atom. The largest absolute Gasteiger partial charge is 0.456 e. The van der Waals surface area contributed by atoms with Crippen LogP contribution in [0.4, 0.5) is 0 Å². The maximum absolute atomic E-state index is 6.81. The number of hydrogen-bond donors (Lipinski definition) is 2. The van der Waals surface area contributed by atoms with Gasteiger partial charge < -0.3 is 14.2 Å². The first kappa shape index (κ1) is 28.6. The van der Waals surface area contributed by atoms with Crippen LogP contribution in [-0.4, -0.2) is 5.84 Å². The molecule has 242 valence electrons. The molecule has 2 unspecified atom stereocenters. The number of amidine groups is 1. The van der Waals surface area contributed by atoms with Crippen LogP contribution in [0, 0.1) is 0 Å². The van der Waals surface area contributed by atoms with Crippen molar-refractivity contribution in [2.45, 2.75) is 12.3 Å². The molecule has 0 saturated carbocycles. The molecule has 51 heavy (non-hydrogen) atoms. The van der Waals surface area contributed by atoms with E-state index < -0.39 is 0 Å². The smallest absolute Gasteiger partial charge is 0.142 e. The third kappa shape index (κ3) is 4.54. The SMILES string of the molecule is c1ccc(C2N=C(c3ccc4c(c3)sc3ccccc34)NC(c3cccc4c3oc3cc(-c5cccc6oc7ccccc7c56)ccc34)N2)cc1. The van der Waals surface area contributed by atoms with Crippen LogP contribution in [0.3, 0.4) is 0 Å². The van der Waals surface area contributed by atoms with Gasteiger partial charge in [0.1, 0.15) is 40.5 Å². The molecule has 1 aliphatic heterocycles. The summed E-state index contributed by atoms with van der Waals surface area (Å²) in [5, 5.41) is 14.5. The van der Waals surface area contributed by atoms with E-state index in [1.165, 1.54) is 20.2 Å². The number of nitrogens with zero attached hydrogens (tertiary/aromatic N) is 1. The fourth-order valence-electron chi connectivity index (χ4n) is 7.77. The average Bonchev–Trinajstić information content (AvgIpc) is 3.88. The summed E-state index contributed by atoms with van der Waals surface area (Å²) in [6.45, 7) is 0. The minimum atomic E-state index is -0.254. The van der Waals surface area contributed by atoms with E-state index >= 15 is 0 Å². The Hall–Kier alpha value is -6.21. The van der Waals surface area contributed by atoms with Crippen molar-refractivity contribution in [2.75, 3.05) is 0 Å². The molecule has 0 amide bonds. The van der Waals surface area contributed by atoms with Crippen LogP contribution >= 0.6 is 11.3 Å². The molecule has 2 N–H and O–H groups in total. The highest BCUT2D eigenvalue weighted by atomic mass is 32.1. The first-order chi connectivity index (χ1) is 25.2. The van der Waals surface area contributed by atoms with Crippen molar-refractivity contribution >= 4 is 81.2 Å². The summed E-state index contributed by atoms with van der Waals surface area (Å²) in [4.78, 5) is 5.23. The Balaban J connectivity index is 1.03. The summed E-state index contributed by atoms with van der Waals surface area (Å²) in [5.74, 6) is 0.850. The molecular weight excluding hydrogens is 647 g/mol. The summed E-state index contributed by atoms with van der Waals surface area (Å²) in [6, 6.07) is 53.2. The van der Waals surface area contributed by atoms with Crippen molar-refractivity contribution in [3.05, 3.63) is 168 Å². The van der Waals surface area contributed by atoms with E-state index in [0.29, 0.717) is 0 Å². The zero-order valence-electron chi connectivity index (χ0n) is 27.3. The molecule has 4 heterocycles. The molecule has 6 heteroatoms. The van der Waals surface area contributed by atoms with Crippen molar-refractivity contribution in [1.29, 1.82) is 0 Å². The van der Waals surface area contributed by atoms with Crippen LogP contribution in [-0.2, 0) is 0 Å². The van der Waals surface area contributed by atoms with Gasteiger partial charge in [-0.15, -0.1) is 11.3 Å². The highest BCUT2D eigenvalue weighted by Gasteiger charge is 2.28. The fraction of sp³-hybridized carbons (Fsp3) is 0.0444. The number of aliphatic imine (C=N–C) groups is 1. The van der Waals surface area contributed by atoms with Gasteiger partial charge in [-0.05, 0) is 53.1 Å². The molecule has 0 radical (unpaired) electrons. The van der Waals surface area contributed by atoms with Crippen molar-refractivity contribution in [3.63, 3.8) is 0 Å². The number of thiophene rings is 1. The second-order valence-electron chi connectivity index (χ2n) is 13.2. The van der Waals surface area contributed by atoms with E-state index in [0.717, 1.165) is 77.5 Å². The molecule has 11 rings (SSSR count). The van der Waals surface area contributed by atoms with Crippen LogP contribution in [0.1, 0.15) is 29.0 Å². The molecule has 0 aliphatic carbocycles. The molecule has 3 aromatic heterocycles. The zero-order valence-corrected chi connectivity index (χ0v) is 28.1. The summed E-state index contributed by atoms with van der Waals surface area (Å²) in [5.41, 5.74) is 8.88. The highest BCUT2D eigenvalue weighted by molar-refractivity contribution is 7.25. The Kier molecular flexibility index (Phi) is 6.26. The molecule has 5 nitrogen and oxygen atoms in total. The van der Waals surface area contributed by atoms with Crippen molar-refractivity contribution in [1.82, 2.24) is 10.6 Å². The fourth-order valence-corrected chi connectivity index (χ4v) is 8.92. The number of benzene rings is 7. The van der Waals surface area contributed by atoms with Crippen LogP contribution in [0.5, 0.6) is 0 Å². The van der Waals surface area contributed by atoms with Crippen LogP contribution in [0.25, 0.3) is 75.2 Å². The molecule has 7 aromatic carbocycles. The number of rotatable bonds is 4. The lowest BCUT2D eigenvalue weighted by Gasteiger charge is -2.32. The maximum atomic E-state index is 6.81. The van der Waals surface area contributed by atoms with Gasteiger partial charge in [0.05, 0.1) is 0 Å². The van der Waals surface area contributed by atoms with Gasteiger partial charge in [0.15, 0.2) is 0 Å². The first-order valence-electron chi connectivity index (χ1n) is 17.2. The number of nitrogens with one attached hydrogen (secondary N) is 2. The van der Waals surface area contributed by atoms with E-state index in [9.17, 15) is 0 Å². The van der Waals surface area contributed by atoms with Gasteiger partial charge in [-0.3, -0.25) is 5.32 Å². The van der Waals surface area contributed by atoms with Crippen LogP contribution in [0.15, 0.2) is 165 Å². The summed E-state index contributed by atoms with van der Waals surface area (Å²) >= 11 is 1.82. The van der Waals surface area contributed by atoms with Gasteiger partial charge in [0.25, 0.3) is 0 Å². The predicted octanol–water partition coefficient (Wildman–Crippen LogP) is 11.9. The molecular formula is C45H29N3O2S. The molecule has 0 fully saturated rings. The molecule has 0 saturated heterocycles. The van der Waals surface area contributed by atoms with Crippen molar-refractivity contribution < 1.29 is 8.83 Å². The van der Waals surface area contributed by atoms with E-state index in [1.807, 2.05) is 35.6 Å². The third-order valence-electron chi connectivity index (χ3n) is 10.2. The van der Waals surface area contributed by atoms with Crippen molar-refractivity contribution in [2.24, 2.45) is 4.99 Å². The van der Waals surface area contributed by atoms with E-state index in [-0.39, 0.29) is 12.3 Å². The number of hydrogen-bond acceptors (Lipinski definition) is 6. The lowest BCUT2D eigenvalue weighted by atomic mass is 9.98. The van der Waals surface area contributed by atoms with Gasteiger partial charge in [0.2, 0.25) is 0 Å². The van der Waals surface area contributed by atoms with E-state index in [2.05, 4.69) is 138 Å². The summed E-state index contributed by atoms with van der Waals surface area (Å²) < 4.78 is 15.6. The minimum Gasteiger partial charge on any atom is -0.456 e. The normalized spacial score (nSPS) is 16.4. The Labute approximate surface area is 296 Å². The van der Waals surface area contributed by atoms with Gasteiger partial charge in [-0.25, -0.2) is 4.99 Å². The van der Waals surface area contributed by atoms with Crippen LogP contribution in [0.2, 0.25) is 0 Å². The molecule has 2 atom stereocenters. The van der Waals surface area contributed by atoms with Crippen LogP contribution < -0.4 is 10.6 Å². The van der Waals surface area contributed by atoms with Gasteiger partial charge >= 0.3 is 0 Å². The lowest BCUT2D eigenvalue weighted by molar-refractivity contribution is 0.408. The summed E-state index contributed by atoms with van der Waals surface area (Å²) in [7, 11) is 0. The molecule has 10 aromatic rings. The number of furan rings is 2. The highest BCUT2D eigenvalue weighted by Crippen LogP contribution is 2.41. The molecule has 0 spiro atoms. The van der Waals surface area contributed by atoms with Gasteiger partial charge in [-0.2, -0.15) is 0 Å². The standard InChI is InChI=1S/C45H29N3O2S/c1-2-10-26(11-3-1)43-46-44(28-21-23-32-31-12-5-7-19-39(31)51-40(32)25-28)48-45(47-43)35-16-8-15-33-30-22-20-27(24-38(30)50-42(33)35)29-14-9-18-37-41(29)34-13-4-6-17-36(34)49-37/h1-25,43,45,47H,(H,46,48). The predicted molar refractivity (Wildman–Crippen MR) is 210 cm³/mol. The zero-order chi connectivity index (χ0) is 33.5. The third-order valence-corrected chi connectivity index (χ3v) is 11.3. The molecule has 1 aliphatic rings. The first-order valence-corrected chi connectivity index (χ1v) is 18.0. The Bertz CT molecular complexity index is 3010. The quantitative estimate of drug-likeness (QED) is 0.195. The topological polar surface area (TPSA) is 62.7 Å².